The number of benzene rings is 1. The Morgan fingerprint density at radius 3 is 2.71 bits per heavy atom. The van der Waals surface area contributed by atoms with E-state index in [1.54, 1.807) is 6.92 Å². The van der Waals surface area contributed by atoms with Crippen LogP contribution in [0.25, 0.3) is 0 Å². The fourth-order valence-electron chi connectivity index (χ4n) is 3.71. The van der Waals surface area contributed by atoms with Crippen LogP contribution in [0.1, 0.15) is 54.4 Å². The number of halogens is 2. The minimum atomic E-state index is -0.755. The largest absolute Gasteiger partial charge is 0.375 e. The summed E-state index contributed by atoms with van der Waals surface area (Å²) in [6.07, 6.45) is 5.26. The summed E-state index contributed by atoms with van der Waals surface area (Å²) >= 11 is 0. The molecule has 1 spiro atoms. The van der Waals surface area contributed by atoms with E-state index in [4.69, 9.17) is 4.74 Å². The smallest absolute Gasteiger partial charge is 0.172 e. The molecular weight excluding hydrogens is 274 g/mol. The van der Waals surface area contributed by atoms with Crippen molar-refractivity contribution in [2.75, 3.05) is 6.61 Å². The van der Waals surface area contributed by atoms with E-state index in [1.807, 2.05) is 0 Å². The average Bonchev–Trinajstić information content (AvgIpc) is 2.91. The summed E-state index contributed by atoms with van der Waals surface area (Å²) in [5.74, 6) is -2.20. The summed E-state index contributed by atoms with van der Waals surface area (Å²) in [4.78, 5) is 12.6. The van der Waals surface area contributed by atoms with Crippen LogP contribution in [0.3, 0.4) is 0 Å². The standard InChI is InChI=1S/C17H20F2O2/c1-11-4-5-13(18)14(15(11)19)16(20)12-6-9-21-17(10-12)7-2-3-8-17/h4-5,12H,2-3,6-10H2,1H3. The maximum absolute atomic E-state index is 14.1. The minimum Gasteiger partial charge on any atom is -0.375 e. The lowest BCUT2D eigenvalue weighted by molar-refractivity contribution is -0.0867. The first-order chi connectivity index (χ1) is 10.0. The molecule has 114 valence electrons. The summed E-state index contributed by atoms with van der Waals surface area (Å²) in [5, 5.41) is 0. The maximum atomic E-state index is 14.1. The Balaban J connectivity index is 1.87. The molecule has 0 aromatic heterocycles. The molecule has 0 bridgehead atoms. The van der Waals surface area contributed by atoms with Crippen LogP contribution in [-0.2, 0) is 4.74 Å². The van der Waals surface area contributed by atoms with Crippen molar-refractivity contribution in [1.82, 2.24) is 0 Å². The molecule has 1 atom stereocenters. The molecule has 2 nitrogen and oxygen atoms in total. The number of rotatable bonds is 2. The molecule has 4 heteroatoms. The topological polar surface area (TPSA) is 26.3 Å². The summed E-state index contributed by atoms with van der Waals surface area (Å²) in [7, 11) is 0. The second-order valence-corrected chi connectivity index (χ2v) is 6.35. The van der Waals surface area contributed by atoms with E-state index in [1.165, 1.54) is 12.1 Å². The zero-order valence-corrected chi connectivity index (χ0v) is 12.3. The normalized spacial score (nSPS) is 24.4. The van der Waals surface area contributed by atoms with Crippen LogP contribution in [0.2, 0.25) is 0 Å². The van der Waals surface area contributed by atoms with Crippen LogP contribution < -0.4 is 0 Å². The Kier molecular flexibility index (Phi) is 3.82. The maximum Gasteiger partial charge on any atom is 0.172 e. The highest BCUT2D eigenvalue weighted by Crippen LogP contribution is 2.43. The van der Waals surface area contributed by atoms with Crippen molar-refractivity contribution in [1.29, 1.82) is 0 Å². The van der Waals surface area contributed by atoms with E-state index in [9.17, 15) is 13.6 Å². The molecule has 0 amide bonds. The molecule has 1 heterocycles. The quantitative estimate of drug-likeness (QED) is 0.764. The molecule has 1 saturated carbocycles. The molecule has 0 N–H and O–H groups in total. The first-order valence-electron chi connectivity index (χ1n) is 7.65. The van der Waals surface area contributed by atoms with E-state index < -0.39 is 17.4 Å². The Morgan fingerprint density at radius 1 is 1.29 bits per heavy atom. The van der Waals surface area contributed by atoms with E-state index >= 15 is 0 Å². The SMILES string of the molecule is Cc1ccc(F)c(C(=O)C2CCOC3(CCCC3)C2)c1F. The van der Waals surface area contributed by atoms with Gasteiger partial charge >= 0.3 is 0 Å². The lowest BCUT2D eigenvalue weighted by Gasteiger charge is -2.37. The zero-order valence-electron chi connectivity index (χ0n) is 12.3. The Hall–Kier alpha value is -1.29. The Morgan fingerprint density at radius 2 is 2.00 bits per heavy atom. The predicted octanol–water partition coefficient (Wildman–Crippen LogP) is 4.20. The highest BCUT2D eigenvalue weighted by Gasteiger charge is 2.42. The van der Waals surface area contributed by atoms with Crippen molar-refractivity contribution in [2.45, 2.75) is 51.0 Å². The molecule has 2 aliphatic rings. The van der Waals surface area contributed by atoms with Gasteiger partial charge in [-0.15, -0.1) is 0 Å². The van der Waals surface area contributed by atoms with Gasteiger partial charge in [0, 0.05) is 12.5 Å². The highest BCUT2D eigenvalue weighted by molar-refractivity contribution is 5.98. The van der Waals surface area contributed by atoms with Gasteiger partial charge in [-0.3, -0.25) is 4.79 Å². The Labute approximate surface area is 123 Å². The second kappa shape index (κ2) is 5.48. The van der Waals surface area contributed by atoms with Crippen LogP contribution in [-0.4, -0.2) is 18.0 Å². The van der Waals surface area contributed by atoms with Crippen molar-refractivity contribution in [2.24, 2.45) is 5.92 Å². The van der Waals surface area contributed by atoms with E-state index in [0.717, 1.165) is 25.7 Å². The minimum absolute atomic E-state index is 0.227. The van der Waals surface area contributed by atoms with Crippen molar-refractivity contribution >= 4 is 5.78 Å². The van der Waals surface area contributed by atoms with Gasteiger partial charge in [0.05, 0.1) is 11.2 Å². The fourth-order valence-corrected chi connectivity index (χ4v) is 3.71. The lowest BCUT2D eigenvalue weighted by atomic mass is 9.80. The molecule has 1 aliphatic heterocycles. The predicted molar refractivity (Wildman–Crippen MR) is 75.3 cm³/mol. The number of ether oxygens (including phenoxy) is 1. The molecule has 1 aromatic carbocycles. The molecule has 1 aliphatic carbocycles. The van der Waals surface area contributed by atoms with Crippen molar-refractivity contribution in [3.8, 4) is 0 Å². The van der Waals surface area contributed by atoms with Crippen LogP contribution in [0.15, 0.2) is 12.1 Å². The van der Waals surface area contributed by atoms with Crippen LogP contribution in [0, 0.1) is 24.5 Å². The monoisotopic (exact) mass is 294 g/mol. The van der Waals surface area contributed by atoms with E-state index in [2.05, 4.69) is 0 Å². The van der Waals surface area contributed by atoms with Crippen molar-refractivity contribution in [3.63, 3.8) is 0 Å². The number of carbonyl (C=O) groups excluding carboxylic acids is 1. The summed E-state index contributed by atoms with van der Waals surface area (Å²) in [6, 6.07) is 2.54. The first kappa shape index (κ1) is 14.6. The van der Waals surface area contributed by atoms with Crippen molar-refractivity contribution < 1.29 is 18.3 Å². The molecule has 1 aromatic rings. The van der Waals surface area contributed by atoms with Crippen LogP contribution >= 0.6 is 0 Å². The summed E-state index contributed by atoms with van der Waals surface area (Å²) < 4.78 is 33.9. The molecule has 1 saturated heterocycles. The van der Waals surface area contributed by atoms with Crippen LogP contribution in [0.5, 0.6) is 0 Å². The van der Waals surface area contributed by atoms with Crippen LogP contribution in [0.4, 0.5) is 8.78 Å². The number of carbonyl (C=O) groups is 1. The molecule has 1 unspecified atom stereocenters. The first-order valence-corrected chi connectivity index (χ1v) is 7.65. The van der Waals surface area contributed by atoms with Gasteiger partial charge in [-0.1, -0.05) is 18.9 Å². The third-order valence-electron chi connectivity index (χ3n) is 4.91. The fraction of sp³-hybridized carbons (Fsp3) is 0.588. The number of hydrogen-bond acceptors (Lipinski definition) is 2. The van der Waals surface area contributed by atoms with Gasteiger partial charge in [-0.05, 0) is 44.2 Å². The number of aryl methyl sites for hydroxylation is 1. The molecule has 2 fully saturated rings. The highest BCUT2D eigenvalue weighted by atomic mass is 19.1. The summed E-state index contributed by atoms with van der Waals surface area (Å²) in [5.41, 5.74) is -0.285. The second-order valence-electron chi connectivity index (χ2n) is 6.35. The number of ketones is 1. The van der Waals surface area contributed by atoms with Gasteiger partial charge in [0.15, 0.2) is 5.78 Å². The molecule has 3 rings (SSSR count). The molecule has 0 radical (unpaired) electrons. The third-order valence-corrected chi connectivity index (χ3v) is 4.91. The van der Waals surface area contributed by atoms with Gasteiger partial charge in [0.2, 0.25) is 0 Å². The number of hydrogen-bond donors (Lipinski definition) is 0. The Bertz CT molecular complexity index is 562. The lowest BCUT2D eigenvalue weighted by Crippen LogP contribution is -2.40. The number of Topliss-reactive ketones (excluding diaryl/α,β-unsaturated/α-hetero) is 1. The molecular formula is C17H20F2O2. The van der Waals surface area contributed by atoms with Gasteiger partial charge < -0.3 is 4.74 Å². The summed E-state index contributed by atoms with van der Waals surface area (Å²) in [6.45, 7) is 2.06. The zero-order chi connectivity index (χ0) is 15.0. The van der Waals surface area contributed by atoms with Gasteiger partial charge in [-0.2, -0.15) is 0 Å². The van der Waals surface area contributed by atoms with E-state index in [0.29, 0.717) is 25.0 Å². The third kappa shape index (κ3) is 2.61. The van der Waals surface area contributed by atoms with Gasteiger partial charge in [0.25, 0.3) is 0 Å². The van der Waals surface area contributed by atoms with Gasteiger partial charge in [-0.25, -0.2) is 8.78 Å². The van der Waals surface area contributed by atoms with Crippen molar-refractivity contribution in [3.05, 3.63) is 34.9 Å². The molecule has 21 heavy (non-hydrogen) atoms. The van der Waals surface area contributed by atoms with E-state index in [-0.39, 0.29) is 17.1 Å². The van der Waals surface area contributed by atoms with Gasteiger partial charge in [0.1, 0.15) is 11.6 Å². The average molecular weight is 294 g/mol.